The average Bonchev–Trinajstić information content (AvgIpc) is 3.29. The highest BCUT2D eigenvalue weighted by atomic mass is 35.5. The fourth-order valence-electron chi connectivity index (χ4n) is 1.83. The molecule has 1 aliphatic rings. The first kappa shape index (κ1) is 16.2. The first-order valence-corrected chi connectivity index (χ1v) is 8.62. The van der Waals surface area contributed by atoms with Crippen LogP contribution < -0.4 is 10.7 Å². The van der Waals surface area contributed by atoms with E-state index in [9.17, 15) is 4.79 Å². The molecule has 5 nitrogen and oxygen atoms in total. The minimum absolute atomic E-state index is 0.0467. The van der Waals surface area contributed by atoms with Crippen LogP contribution in [0.2, 0.25) is 10.2 Å². The predicted octanol–water partition coefficient (Wildman–Crippen LogP) is 4.36. The van der Waals surface area contributed by atoms with Crippen molar-refractivity contribution in [3.63, 3.8) is 0 Å². The summed E-state index contributed by atoms with van der Waals surface area (Å²) < 4.78 is 0. The Balaban J connectivity index is 1.66. The van der Waals surface area contributed by atoms with E-state index in [0.29, 0.717) is 20.2 Å². The number of hydrogen-bond acceptors (Lipinski definition) is 5. The van der Waals surface area contributed by atoms with Gasteiger partial charge in [-0.25, -0.2) is 10.4 Å². The monoisotopic (exact) mass is 368 g/mol. The van der Waals surface area contributed by atoms with Gasteiger partial charge in [0.25, 0.3) is 0 Å². The summed E-state index contributed by atoms with van der Waals surface area (Å²) in [4.78, 5) is 16.4. The SMILES string of the molecule is Cc1ccc(Nc2nc(Cl)c(/C=N/NC(=O)C3CC3)s2)cc1Cl. The largest absolute Gasteiger partial charge is 0.331 e. The Hall–Kier alpha value is -1.63. The molecule has 0 aliphatic heterocycles. The van der Waals surface area contributed by atoms with Crippen LogP contribution in [0.1, 0.15) is 23.3 Å². The minimum atomic E-state index is -0.0467. The van der Waals surface area contributed by atoms with Crippen LogP contribution in [0.4, 0.5) is 10.8 Å². The van der Waals surface area contributed by atoms with Crippen molar-refractivity contribution in [1.82, 2.24) is 10.4 Å². The maximum absolute atomic E-state index is 11.5. The molecule has 8 heteroatoms. The summed E-state index contributed by atoms with van der Waals surface area (Å²) in [5, 5.41) is 8.72. The third-order valence-electron chi connectivity index (χ3n) is 3.34. The number of thiazole rings is 1. The van der Waals surface area contributed by atoms with Crippen LogP contribution in [0.5, 0.6) is 0 Å². The molecule has 0 radical (unpaired) electrons. The number of aromatic nitrogens is 1. The van der Waals surface area contributed by atoms with Crippen LogP contribution in [0.3, 0.4) is 0 Å². The molecule has 0 bridgehead atoms. The zero-order valence-corrected chi connectivity index (χ0v) is 14.6. The van der Waals surface area contributed by atoms with E-state index in [4.69, 9.17) is 23.2 Å². The molecule has 0 atom stereocenters. The Bertz CT molecular complexity index is 771. The lowest BCUT2D eigenvalue weighted by Crippen LogP contribution is -2.18. The highest BCUT2D eigenvalue weighted by Crippen LogP contribution is 2.30. The second-order valence-corrected chi connectivity index (χ2v) is 7.07. The fraction of sp³-hybridized carbons (Fsp3) is 0.267. The van der Waals surface area contributed by atoms with Gasteiger partial charge in [0.15, 0.2) is 10.3 Å². The van der Waals surface area contributed by atoms with E-state index >= 15 is 0 Å². The van der Waals surface area contributed by atoms with Gasteiger partial charge in [-0.3, -0.25) is 4.79 Å². The van der Waals surface area contributed by atoms with Gasteiger partial charge in [-0.15, -0.1) is 0 Å². The van der Waals surface area contributed by atoms with Gasteiger partial charge >= 0.3 is 0 Å². The van der Waals surface area contributed by atoms with Crippen LogP contribution in [0, 0.1) is 12.8 Å². The van der Waals surface area contributed by atoms with Gasteiger partial charge in [-0.05, 0) is 37.5 Å². The predicted molar refractivity (Wildman–Crippen MR) is 95.1 cm³/mol. The van der Waals surface area contributed by atoms with Gasteiger partial charge in [-0.2, -0.15) is 5.10 Å². The zero-order chi connectivity index (χ0) is 16.4. The number of nitrogens with zero attached hydrogens (tertiary/aromatic N) is 2. The first-order valence-electron chi connectivity index (χ1n) is 7.05. The number of amides is 1. The Kier molecular flexibility index (Phi) is 4.84. The first-order chi connectivity index (χ1) is 11.0. The molecule has 1 heterocycles. The number of benzene rings is 1. The molecule has 0 unspecified atom stereocenters. The third kappa shape index (κ3) is 4.22. The molecule has 23 heavy (non-hydrogen) atoms. The van der Waals surface area contributed by atoms with Crippen LogP contribution in [0.15, 0.2) is 23.3 Å². The second-order valence-electron chi connectivity index (χ2n) is 5.27. The number of anilines is 2. The molecule has 120 valence electrons. The second kappa shape index (κ2) is 6.86. The van der Waals surface area contributed by atoms with Crippen molar-refractivity contribution >= 4 is 57.5 Å². The summed E-state index contributed by atoms with van der Waals surface area (Å²) in [6.07, 6.45) is 3.39. The van der Waals surface area contributed by atoms with Gasteiger partial charge in [0.1, 0.15) is 0 Å². The van der Waals surface area contributed by atoms with Crippen molar-refractivity contribution in [2.75, 3.05) is 5.32 Å². The van der Waals surface area contributed by atoms with Crippen molar-refractivity contribution < 1.29 is 4.79 Å². The van der Waals surface area contributed by atoms with E-state index in [1.807, 2.05) is 25.1 Å². The van der Waals surface area contributed by atoms with Gasteiger partial charge in [0.2, 0.25) is 5.91 Å². The lowest BCUT2D eigenvalue weighted by atomic mass is 10.2. The third-order valence-corrected chi connectivity index (χ3v) is 5.05. The molecule has 1 aromatic heterocycles. The lowest BCUT2D eigenvalue weighted by molar-refractivity contribution is -0.122. The topological polar surface area (TPSA) is 66.4 Å². The van der Waals surface area contributed by atoms with Gasteiger partial charge in [0.05, 0.1) is 11.1 Å². The van der Waals surface area contributed by atoms with Crippen molar-refractivity contribution in [1.29, 1.82) is 0 Å². The van der Waals surface area contributed by atoms with E-state index in [1.54, 1.807) is 0 Å². The molecule has 1 fully saturated rings. The van der Waals surface area contributed by atoms with Gasteiger partial charge in [0, 0.05) is 16.6 Å². The van der Waals surface area contributed by atoms with E-state index < -0.39 is 0 Å². The molecule has 0 saturated heterocycles. The number of hydrazone groups is 1. The van der Waals surface area contributed by atoms with Crippen LogP contribution in [-0.2, 0) is 4.79 Å². The zero-order valence-electron chi connectivity index (χ0n) is 12.3. The highest BCUT2D eigenvalue weighted by Gasteiger charge is 2.29. The molecule has 3 rings (SSSR count). The Morgan fingerprint density at radius 2 is 2.22 bits per heavy atom. The van der Waals surface area contributed by atoms with E-state index in [0.717, 1.165) is 24.1 Å². The molecule has 1 saturated carbocycles. The quantitative estimate of drug-likeness (QED) is 0.608. The van der Waals surface area contributed by atoms with Crippen molar-refractivity contribution in [3.8, 4) is 0 Å². The summed E-state index contributed by atoms with van der Waals surface area (Å²) in [7, 11) is 0. The minimum Gasteiger partial charge on any atom is -0.331 e. The van der Waals surface area contributed by atoms with E-state index in [2.05, 4.69) is 20.8 Å². The molecule has 1 aliphatic carbocycles. The lowest BCUT2D eigenvalue weighted by Gasteiger charge is -2.04. The number of rotatable bonds is 5. The Morgan fingerprint density at radius 1 is 1.43 bits per heavy atom. The molecule has 1 aromatic carbocycles. The van der Waals surface area contributed by atoms with E-state index in [1.165, 1.54) is 17.6 Å². The summed E-state index contributed by atoms with van der Waals surface area (Å²) in [5.74, 6) is 0.0714. The van der Waals surface area contributed by atoms with Crippen molar-refractivity contribution in [3.05, 3.63) is 38.8 Å². The summed E-state index contributed by atoms with van der Waals surface area (Å²) >= 11 is 13.5. The van der Waals surface area contributed by atoms with Gasteiger partial charge in [-0.1, -0.05) is 40.6 Å². The van der Waals surface area contributed by atoms with E-state index in [-0.39, 0.29) is 11.8 Å². The number of aryl methyl sites for hydroxylation is 1. The Labute approximate surface area is 147 Å². The molecular formula is C15H14Cl2N4OS. The number of carbonyl (C=O) groups excluding carboxylic acids is 1. The maximum Gasteiger partial charge on any atom is 0.243 e. The fourth-order valence-corrected chi connectivity index (χ4v) is 3.06. The number of carbonyl (C=O) groups is 1. The molecular weight excluding hydrogens is 355 g/mol. The van der Waals surface area contributed by atoms with Crippen LogP contribution in [-0.4, -0.2) is 17.1 Å². The summed E-state index contributed by atoms with van der Waals surface area (Å²) in [5.41, 5.74) is 4.34. The smallest absolute Gasteiger partial charge is 0.243 e. The molecule has 1 amide bonds. The van der Waals surface area contributed by atoms with Gasteiger partial charge < -0.3 is 5.32 Å². The molecule has 2 aromatic rings. The normalized spacial score (nSPS) is 14.2. The average molecular weight is 369 g/mol. The summed E-state index contributed by atoms with van der Waals surface area (Å²) in [6.45, 7) is 1.94. The van der Waals surface area contributed by atoms with Crippen molar-refractivity contribution in [2.45, 2.75) is 19.8 Å². The standard InChI is InChI=1S/C15H14Cl2N4OS/c1-8-2-5-10(6-11(8)16)19-15-20-13(17)12(23-15)7-18-21-14(22)9-3-4-9/h2,5-7,9H,3-4H2,1H3,(H,19,20)(H,21,22)/b18-7+. The van der Waals surface area contributed by atoms with Crippen LogP contribution in [0.25, 0.3) is 0 Å². The molecule has 2 N–H and O–H groups in total. The molecule has 0 spiro atoms. The van der Waals surface area contributed by atoms with Crippen LogP contribution >= 0.6 is 34.5 Å². The maximum atomic E-state index is 11.5. The summed E-state index contributed by atoms with van der Waals surface area (Å²) in [6, 6.07) is 5.67. The Morgan fingerprint density at radius 3 is 2.91 bits per heavy atom. The highest BCUT2D eigenvalue weighted by molar-refractivity contribution is 7.17. The number of hydrogen-bond donors (Lipinski definition) is 2. The van der Waals surface area contributed by atoms with Crippen molar-refractivity contribution in [2.24, 2.45) is 11.0 Å². The number of halogens is 2. The number of nitrogens with one attached hydrogen (secondary N) is 2.